The smallest absolute Gasteiger partial charge is 0.305 e. The van der Waals surface area contributed by atoms with E-state index in [0.717, 1.165) is 25.7 Å². The van der Waals surface area contributed by atoms with Gasteiger partial charge in [0.05, 0.1) is 13.5 Å². The summed E-state index contributed by atoms with van der Waals surface area (Å²) in [5, 5.41) is 0. The molecule has 0 aromatic heterocycles. The molecule has 1 aliphatic rings. The van der Waals surface area contributed by atoms with Gasteiger partial charge in [-0.15, -0.1) is 0 Å². The number of rotatable bonds is 4. The average Bonchev–Trinajstić information content (AvgIpc) is 2.66. The normalized spacial score (nSPS) is 17.3. The van der Waals surface area contributed by atoms with E-state index in [9.17, 15) is 9.59 Å². The van der Waals surface area contributed by atoms with Gasteiger partial charge in [0.25, 0.3) is 0 Å². The minimum atomic E-state index is -0.286. The van der Waals surface area contributed by atoms with Crippen LogP contribution in [0, 0.1) is 5.92 Å². The molecule has 0 unspecified atom stereocenters. The molecule has 0 N–H and O–H groups in total. The first-order valence-electron chi connectivity index (χ1n) is 4.83. The third-order valence-corrected chi connectivity index (χ3v) is 2.61. The number of ketones is 1. The zero-order valence-corrected chi connectivity index (χ0v) is 8.04. The first kappa shape index (κ1) is 10.2. The Morgan fingerprint density at radius 2 is 1.85 bits per heavy atom. The Labute approximate surface area is 78.5 Å². The maximum Gasteiger partial charge on any atom is 0.305 e. The van der Waals surface area contributed by atoms with Crippen LogP contribution in [0.15, 0.2) is 0 Å². The van der Waals surface area contributed by atoms with E-state index in [2.05, 4.69) is 4.74 Å². The highest BCUT2D eigenvalue weighted by Gasteiger charge is 2.22. The van der Waals surface area contributed by atoms with Crippen LogP contribution in [0.4, 0.5) is 0 Å². The van der Waals surface area contributed by atoms with Gasteiger partial charge in [0, 0.05) is 12.3 Å². The van der Waals surface area contributed by atoms with Gasteiger partial charge in [0.15, 0.2) is 0 Å². The summed E-state index contributed by atoms with van der Waals surface area (Å²) in [4.78, 5) is 22.2. The molecule has 0 aromatic carbocycles. The fraction of sp³-hybridized carbons (Fsp3) is 0.800. The molecule has 1 fully saturated rings. The van der Waals surface area contributed by atoms with Gasteiger partial charge >= 0.3 is 5.97 Å². The van der Waals surface area contributed by atoms with E-state index in [0.29, 0.717) is 6.42 Å². The number of hydrogen-bond acceptors (Lipinski definition) is 3. The van der Waals surface area contributed by atoms with Gasteiger partial charge < -0.3 is 4.74 Å². The van der Waals surface area contributed by atoms with E-state index in [4.69, 9.17) is 0 Å². The molecule has 0 aliphatic heterocycles. The Morgan fingerprint density at radius 1 is 1.23 bits per heavy atom. The Hall–Kier alpha value is -0.860. The summed E-state index contributed by atoms with van der Waals surface area (Å²) in [6.45, 7) is 0. The third kappa shape index (κ3) is 3.17. The monoisotopic (exact) mass is 184 g/mol. The maximum atomic E-state index is 11.5. The Balaban J connectivity index is 2.20. The van der Waals surface area contributed by atoms with Gasteiger partial charge in [0.1, 0.15) is 5.78 Å². The highest BCUT2D eigenvalue weighted by Crippen LogP contribution is 2.26. The van der Waals surface area contributed by atoms with Crippen molar-refractivity contribution < 1.29 is 14.3 Å². The summed E-state index contributed by atoms with van der Waals surface area (Å²) in [7, 11) is 1.35. The summed E-state index contributed by atoms with van der Waals surface area (Å²) in [5.74, 6) is 0.180. The first-order chi connectivity index (χ1) is 6.24. The van der Waals surface area contributed by atoms with Crippen LogP contribution in [0.1, 0.15) is 38.5 Å². The third-order valence-electron chi connectivity index (χ3n) is 2.61. The zero-order chi connectivity index (χ0) is 9.68. The van der Waals surface area contributed by atoms with Crippen LogP contribution in [0.2, 0.25) is 0 Å². The number of esters is 1. The molecule has 3 nitrogen and oxygen atoms in total. The maximum absolute atomic E-state index is 11.5. The van der Waals surface area contributed by atoms with E-state index < -0.39 is 0 Å². The lowest BCUT2D eigenvalue weighted by Crippen LogP contribution is -2.13. The van der Waals surface area contributed by atoms with Gasteiger partial charge in [0.2, 0.25) is 0 Å². The molecule has 0 spiro atoms. The van der Waals surface area contributed by atoms with Crippen molar-refractivity contribution in [3.8, 4) is 0 Å². The topological polar surface area (TPSA) is 43.4 Å². The molecule has 3 heteroatoms. The van der Waals surface area contributed by atoms with Gasteiger partial charge in [-0.25, -0.2) is 0 Å². The number of methoxy groups -OCH3 is 1. The van der Waals surface area contributed by atoms with Crippen molar-refractivity contribution in [2.75, 3.05) is 7.11 Å². The Kier molecular flexibility index (Phi) is 3.93. The van der Waals surface area contributed by atoms with Gasteiger partial charge in [-0.05, 0) is 12.8 Å². The summed E-state index contributed by atoms with van der Waals surface area (Å²) < 4.78 is 4.47. The summed E-state index contributed by atoms with van der Waals surface area (Å²) in [6.07, 6.45) is 4.95. The van der Waals surface area contributed by atoms with Crippen LogP contribution in [0.25, 0.3) is 0 Å². The lowest BCUT2D eigenvalue weighted by Gasteiger charge is -2.06. The second-order valence-corrected chi connectivity index (χ2v) is 3.52. The van der Waals surface area contributed by atoms with E-state index >= 15 is 0 Å². The lowest BCUT2D eigenvalue weighted by atomic mass is 9.99. The quantitative estimate of drug-likeness (QED) is 0.624. The van der Waals surface area contributed by atoms with Crippen LogP contribution in [-0.2, 0) is 14.3 Å². The number of ether oxygens (including phenoxy) is 1. The van der Waals surface area contributed by atoms with Crippen molar-refractivity contribution in [1.82, 2.24) is 0 Å². The highest BCUT2D eigenvalue weighted by molar-refractivity contribution is 5.84. The van der Waals surface area contributed by atoms with Crippen LogP contribution < -0.4 is 0 Å². The minimum Gasteiger partial charge on any atom is -0.469 e. The molecule has 0 atom stereocenters. The molecular weight excluding hydrogens is 168 g/mol. The van der Waals surface area contributed by atoms with Crippen LogP contribution >= 0.6 is 0 Å². The average molecular weight is 184 g/mol. The number of Topliss-reactive ketones (excluding diaryl/α,β-unsaturated/α-hetero) is 1. The fourth-order valence-electron chi connectivity index (χ4n) is 1.78. The summed E-state index contributed by atoms with van der Waals surface area (Å²) in [5.41, 5.74) is 0. The van der Waals surface area contributed by atoms with Gasteiger partial charge in [-0.3, -0.25) is 9.59 Å². The molecule has 74 valence electrons. The van der Waals surface area contributed by atoms with Crippen molar-refractivity contribution in [1.29, 1.82) is 0 Å². The molecule has 1 rings (SSSR count). The van der Waals surface area contributed by atoms with Crippen molar-refractivity contribution in [2.24, 2.45) is 5.92 Å². The number of carbonyl (C=O) groups excluding carboxylic acids is 2. The molecule has 0 amide bonds. The Bertz CT molecular complexity index is 192. The van der Waals surface area contributed by atoms with Crippen LogP contribution in [-0.4, -0.2) is 18.9 Å². The molecule has 0 saturated heterocycles. The molecule has 1 aliphatic carbocycles. The van der Waals surface area contributed by atoms with E-state index in [-0.39, 0.29) is 24.1 Å². The van der Waals surface area contributed by atoms with Crippen molar-refractivity contribution in [3.63, 3.8) is 0 Å². The van der Waals surface area contributed by atoms with Gasteiger partial charge in [-0.1, -0.05) is 12.8 Å². The SMILES string of the molecule is COC(=O)CCC(=O)C1CCCC1. The predicted molar refractivity (Wildman–Crippen MR) is 48.2 cm³/mol. The van der Waals surface area contributed by atoms with Gasteiger partial charge in [-0.2, -0.15) is 0 Å². The van der Waals surface area contributed by atoms with E-state index in [1.807, 2.05) is 0 Å². The second kappa shape index (κ2) is 5.00. The fourth-order valence-corrected chi connectivity index (χ4v) is 1.78. The molecule has 0 aromatic rings. The second-order valence-electron chi connectivity index (χ2n) is 3.52. The first-order valence-corrected chi connectivity index (χ1v) is 4.83. The summed E-state index contributed by atoms with van der Waals surface area (Å²) in [6, 6.07) is 0. The standard InChI is InChI=1S/C10H16O3/c1-13-10(12)7-6-9(11)8-4-2-3-5-8/h8H,2-7H2,1H3. The molecular formula is C10H16O3. The highest BCUT2D eigenvalue weighted by atomic mass is 16.5. The van der Waals surface area contributed by atoms with Crippen molar-refractivity contribution in [2.45, 2.75) is 38.5 Å². The van der Waals surface area contributed by atoms with Crippen molar-refractivity contribution >= 4 is 11.8 Å². The summed E-state index contributed by atoms with van der Waals surface area (Å²) >= 11 is 0. The largest absolute Gasteiger partial charge is 0.469 e. The minimum absolute atomic E-state index is 0.227. The molecule has 1 saturated carbocycles. The predicted octanol–water partition coefficient (Wildman–Crippen LogP) is 1.70. The number of hydrogen-bond donors (Lipinski definition) is 0. The lowest BCUT2D eigenvalue weighted by molar-refractivity contribution is -0.142. The Morgan fingerprint density at radius 3 is 2.38 bits per heavy atom. The molecule has 0 radical (unpaired) electrons. The van der Waals surface area contributed by atoms with Crippen LogP contribution in [0.3, 0.4) is 0 Å². The molecule has 13 heavy (non-hydrogen) atoms. The molecule has 0 bridgehead atoms. The zero-order valence-electron chi connectivity index (χ0n) is 8.04. The van der Waals surface area contributed by atoms with Crippen LogP contribution in [0.5, 0.6) is 0 Å². The van der Waals surface area contributed by atoms with Crippen molar-refractivity contribution in [3.05, 3.63) is 0 Å². The van der Waals surface area contributed by atoms with E-state index in [1.165, 1.54) is 7.11 Å². The number of carbonyl (C=O) groups is 2. The molecule has 0 heterocycles. The van der Waals surface area contributed by atoms with E-state index in [1.54, 1.807) is 0 Å².